The largest absolute Gasteiger partial charge is 0.324 e. The van der Waals surface area contributed by atoms with Crippen molar-refractivity contribution in [1.29, 1.82) is 0 Å². The molecule has 0 bridgehead atoms. The molecule has 3 heterocycles. The molecule has 1 saturated carbocycles. The van der Waals surface area contributed by atoms with Crippen LogP contribution in [-0.2, 0) is 14.8 Å². The van der Waals surface area contributed by atoms with E-state index in [0.29, 0.717) is 31.8 Å². The van der Waals surface area contributed by atoms with Crippen LogP contribution in [0.25, 0.3) is 0 Å². The fourth-order valence-electron chi connectivity index (χ4n) is 4.85. The lowest BCUT2D eigenvalue weighted by molar-refractivity contribution is -0.122. The average molecular weight is 447 g/mol. The van der Waals surface area contributed by atoms with Crippen molar-refractivity contribution in [2.75, 3.05) is 31.2 Å². The standard InChI is InChI=1S/C21H30N6O3S/c1-13-10-14(2)18(15(3)11-13)27-12-17-19(24-27)22-21(23-20(17)28)25-6-8-26(9-7-25)31(29,30)16-4-5-16/h10-12,16,19,21-22,24H,4-9H2,1-3H3,(H,23,28). The number of benzene rings is 1. The van der Waals surface area contributed by atoms with E-state index in [9.17, 15) is 13.2 Å². The zero-order valence-electron chi connectivity index (χ0n) is 18.2. The zero-order chi connectivity index (χ0) is 21.9. The van der Waals surface area contributed by atoms with Crippen LogP contribution in [-0.4, -0.2) is 67.4 Å². The van der Waals surface area contributed by atoms with Gasteiger partial charge in [-0.25, -0.2) is 13.8 Å². The lowest BCUT2D eigenvalue weighted by Crippen LogP contribution is -2.69. The second kappa shape index (κ2) is 7.56. The van der Waals surface area contributed by atoms with Crippen molar-refractivity contribution in [2.24, 2.45) is 0 Å². The van der Waals surface area contributed by atoms with Gasteiger partial charge in [0.05, 0.1) is 16.5 Å². The summed E-state index contributed by atoms with van der Waals surface area (Å²) in [7, 11) is -3.15. The molecule has 3 fully saturated rings. The first-order valence-electron chi connectivity index (χ1n) is 10.9. The Labute approximate surface area is 183 Å². The number of sulfonamides is 1. The second-order valence-electron chi connectivity index (χ2n) is 8.99. The number of carbonyl (C=O) groups is 1. The number of aryl methyl sites for hydroxylation is 3. The maximum absolute atomic E-state index is 12.8. The van der Waals surface area contributed by atoms with E-state index in [1.165, 1.54) is 5.56 Å². The van der Waals surface area contributed by atoms with E-state index in [2.05, 4.69) is 53.9 Å². The molecular weight excluding hydrogens is 416 g/mol. The third-order valence-electron chi connectivity index (χ3n) is 6.52. The van der Waals surface area contributed by atoms with E-state index in [1.807, 2.05) is 11.2 Å². The van der Waals surface area contributed by atoms with Gasteiger partial charge in [-0.15, -0.1) is 0 Å². The summed E-state index contributed by atoms with van der Waals surface area (Å²) in [6.45, 7) is 8.30. The highest BCUT2D eigenvalue weighted by atomic mass is 32.2. The van der Waals surface area contributed by atoms with Crippen molar-refractivity contribution >= 4 is 21.6 Å². The number of anilines is 1. The lowest BCUT2D eigenvalue weighted by atomic mass is 10.0. The summed E-state index contributed by atoms with van der Waals surface area (Å²) in [5.41, 5.74) is 8.60. The smallest absolute Gasteiger partial charge is 0.254 e. The molecule has 2 saturated heterocycles. The van der Waals surface area contributed by atoms with Gasteiger partial charge in [-0.1, -0.05) is 17.7 Å². The highest BCUT2D eigenvalue weighted by molar-refractivity contribution is 7.90. The third-order valence-corrected chi connectivity index (χ3v) is 8.92. The summed E-state index contributed by atoms with van der Waals surface area (Å²) in [4.78, 5) is 14.9. The molecule has 10 heteroatoms. The summed E-state index contributed by atoms with van der Waals surface area (Å²) in [6.07, 6.45) is 2.78. The normalized spacial score (nSPS) is 27.8. The van der Waals surface area contributed by atoms with Crippen LogP contribution in [0, 0.1) is 20.8 Å². The molecule has 2 atom stereocenters. The van der Waals surface area contributed by atoms with Gasteiger partial charge < -0.3 is 5.32 Å². The molecule has 1 aromatic carbocycles. The number of nitrogens with zero attached hydrogens (tertiary/aromatic N) is 3. The van der Waals surface area contributed by atoms with E-state index >= 15 is 0 Å². The van der Waals surface area contributed by atoms with Gasteiger partial charge in [-0.3, -0.25) is 20.0 Å². The van der Waals surface area contributed by atoms with Crippen LogP contribution in [0.2, 0.25) is 0 Å². The van der Waals surface area contributed by atoms with Crippen molar-refractivity contribution in [2.45, 2.75) is 51.3 Å². The number of carbonyl (C=O) groups excluding carboxylic acids is 1. The van der Waals surface area contributed by atoms with Gasteiger partial charge in [-0.05, 0) is 44.7 Å². The van der Waals surface area contributed by atoms with Crippen LogP contribution in [0.4, 0.5) is 5.69 Å². The van der Waals surface area contributed by atoms with E-state index in [0.717, 1.165) is 29.7 Å². The summed E-state index contributed by atoms with van der Waals surface area (Å²) >= 11 is 0. The zero-order valence-corrected chi connectivity index (χ0v) is 19.0. The van der Waals surface area contributed by atoms with Gasteiger partial charge in [0.2, 0.25) is 10.0 Å². The van der Waals surface area contributed by atoms with Gasteiger partial charge >= 0.3 is 0 Å². The Kier molecular flexibility index (Phi) is 5.10. The third kappa shape index (κ3) is 3.76. The molecule has 31 heavy (non-hydrogen) atoms. The van der Waals surface area contributed by atoms with Crippen LogP contribution in [0.3, 0.4) is 0 Å². The molecule has 168 valence electrons. The van der Waals surface area contributed by atoms with Gasteiger partial charge in [0.25, 0.3) is 5.91 Å². The molecular formula is C21H30N6O3S. The molecule has 1 aromatic rings. The van der Waals surface area contributed by atoms with Crippen molar-refractivity contribution in [3.8, 4) is 0 Å². The number of hydrogen-bond acceptors (Lipinski definition) is 7. The summed E-state index contributed by atoms with van der Waals surface area (Å²) in [5, 5.41) is 8.24. The minimum absolute atomic E-state index is 0.112. The molecule has 0 spiro atoms. The number of amides is 1. The predicted octanol–water partition coefficient (Wildman–Crippen LogP) is 0.259. The molecule has 0 aromatic heterocycles. The second-order valence-corrected chi connectivity index (χ2v) is 11.2. The Bertz CT molecular complexity index is 1020. The van der Waals surface area contributed by atoms with Gasteiger partial charge in [0.1, 0.15) is 12.5 Å². The lowest BCUT2D eigenvalue weighted by Gasteiger charge is -2.42. The number of fused-ring (bicyclic) bond motifs is 1. The molecule has 1 amide bonds. The fraction of sp³-hybridized carbons (Fsp3) is 0.571. The molecule has 0 radical (unpaired) electrons. The summed E-state index contributed by atoms with van der Waals surface area (Å²) in [6, 6.07) is 4.27. The molecule has 2 unspecified atom stereocenters. The Hall–Kier alpha value is -1.98. The molecule has 3 aliphatic heterocycles. The fourth-order valence-corrected chi connectivity index (χ4v) is 6.68. The predicted molar refractivity (Wildman–Crippen MR) is 118 cm³/mol. The van der Waals surface area contributed by atoms with E-state index < -0.39 is 10.0 Å². The Morgan fingerprint density at radius 2 is 1.65 bits per heavy atom. The summed E-state index contributed by atoms with van der Waals surface area (Å²) < 4.78 is 26.6. The Balaban J connectivity index is 1.26. The van der Waals surface area contributed by atoms with Gasteiger partial charge in [-0.2, -0.15) is 4.31 Å². The first-order chi connectivity index (χ1) is 14.7. The molecule has 4 aliphatic rings. The summed E-state index contributed by atoms with van der Waals surface area (Å²) in [5.74, 6) is -0.112. The van der Waals surface area contributed by atoms with Crippen LogP contribution >= 0.6 is 0 Å². The van der Waals surface area contributed by atoms with Crippen LogP contribution in [0.5, 0.6) is 0 Å². The minimum atomic E-state index is -3.15. The molecule has 5 rings (SSSR count). The van der Waals surface area contributed by atoms with Crippen LogP contribution in [0.15, 0.2) is 23.9 Å². The Morgan fingerprint density at radius 1 is 1.00 bits per heavy atom. The average Bonchev–Trinajstić information content (AvgIpc) is 3.49. The van der Waals surface area contributed by atoms with Crippen LogP contribution < -0.4 is 21.1 Å². The van der Waals surface area contributed by atoms with E-state index in [1.54, 1.807) is 4.31 Å². The molecule has 3 N–H and O–H groups in total. The monoisotopic (exact) mass is 446 g/mol. The topological polar surface area (TPSA) is 97.0 Å². The number of hydrogen-bond donors (Lipinski definition) is 3. The highest BCUT2D eigenvalue weighted by Gasteiger charge is 2.43. The quantitative estimate of drug-likeness (QED) is 0.610. The first kappa shape index (κ1) is 20.9. The number of rotatable bonds is 4. The van der Waals surface area contributed by atoms with Crippen molar-refractivity contribution in [3.05, 3.63) is 40.6 Å². The molecule has 1 aliphatic carbocycles. The number of piperazine rings is 1. The van der Waals surface area contributed by atoms with Crippen molar-refractivity contribution in [3.63, 3.8) is 0 Å². The molecule has 9 nitrogen and oxygen atoms in total. The highest BCUT2D eigenvalue weighted by Crippen LogP contribution is 2.32. The van der Waals surface area contributed by atoms with E-state index in [-0.39, 0.29) is 23.6 Å². The first-order valence-corrected chi connectivity index (χ1v) is 12.4. The van der Waals surface area contributed by atoms with Gasteiger partial charge in [0, 0.05) is 32.4 Å². The van der Waals surface area contributed by atoms with Crippen molar-refractivity contribution < 1.29 is 13.2 Å². The van der Waals surface area contributed by atoms with Crippen molar-refractivity contribution in [1.82, 2.24) is 25.3 Å². The maximum Gasteiger partial charge on any atom is 0.254 e. The van der Waals surface area contributed by atoms with Crippen LogP contribution in [0.1, 0.15) is 29.5 Å². The maximum atomic E-state index is 12.8. The van der Waals surface area contributed by atoms with Gasteiger partial charge in [0.15, 0.2) is 0 Å². The van der Waals surface area contributed by atoms with E-state index in [4.69, 9.17) is 0 Å². The minimum Gasteiger partial charge on any atom is -0.324 e. The number of hydrazine groups is 1. The Morgan fingerprint density at radius 3 is 2.26 bits per heavy atom. The SMILES string of the molecule is Cc1cc(C)c(N2C=C3C(=O)NC(N4CCN(S(=O)(=O)C5CC5)CC4)NC3N2)c(C)c1. The number of nitrogens with one attached hydrogen (secondary N) is 3.